The summed E-state index contributed by atoms with van der Waals surface area (Å²) in [7, 11) is -3.16. The average molecular weight is 148 g/mol. The number of ketones is 1. The van der Waals surface area contributed by atoms with Crippen LogP contribution in [0.15, 0.2) is 12.7 Å². The summed E-state index contributed by atoms with van der Waals surface area (Å²) in [5.41, 5.74) is 0. The van der Waals surface area contributed by atoms with Crippen molar-refractivity contribution in [2.75, 3.05) is 12.0 Å². The minimum absolute atomic E-state index is 0.434. The van der Waals surface area contributed by atoms with E-state index in [1.807, 2.05) is 0 Å². The van der Waals surface area contributed by atoms with Crippen LogP contribution in [0.2, 0.25) is 0 Å². The van der Waals surface area contributed by atoms with Crippen molar-refractivity contribution in [3.8, 4) is 0 Å². The third-order valence-corrected chi connectivity index (χ3v) is 1.44. The normalized spacial score (nSPS) is 10.8. The second-order valence-electron chi connectivity index (χ2n) is 1.74. The van der Waals surface area contributed by atoms with Gasteiger partial charge in [0.2, 0.25) is 0 Å². The molecule has 0 aromatic heterocycles. The monoisotopic (exact) mass is 148 g/mol. The quantitative estimate of drug-likeness (QED) is 0.520. The molecule has 0 unspecified atom stereocenters. The Kier molecular flexibility index (Phi) is 2.58. The summed E-state index contributed by atoms with van der Waals surface area (Å²) in [4.78, 5) is 10.3. The maximum Gasteiger partial charge on any atom is 0.170 e. The van der Waals surface area contributed by atoms with Gasteiger partial charge in [-0.3, -0.25) is 4.79 Å². The van der Waals surface area contributed by atoms with Crippen LogP contribution in [0, 0.1) is 0 Å². The number of carbonyl (C=O) groups excluding carboxylic acids is 1. The molecule has 0 aromatic carbocycles. The molecule has 0 saturated heterocycles. The zero-order valence-electron chi connectivity index (χ0n) is 5.12. The van der Waals surface area contributed by atoms with Crippen LogP contribution in [0.5, 0.6) is 0 Å². The Morgan fingerprint density at radius 3 is 2.22 bits per heavy atom. The molecule has 0 radical (unpaired) electrons. The predicted molar refractivity (Wildman–Crippen MR) is 34.9 cm³/mol. The first-order valence-corrected chi connectivity index (χ1v) is 4.35. The lowest BCUT2D eigenvalue weighted by Gasteiger charge is -1.88. The summed E-state index contributed by atoms with van der Waals surface area (Å²) in [6.45, 7) is 3.13. The summed E-state index contributed by atoms with van der Waals surface area (Å²) in [6, 6.07) is 0. The SMILES string of the molecule is C=CC(=O)CS(C)(=O)=O. The van der Waals surface area contributed by atoms with E-state index in [4.69, 9.17) is 0 Å². The Morgan fingerprint density at radius 2 is 2.11 bits per heavy atom. The van der Waals surface area contributed by atoms with Gasteiger partial charge in [0.25, 0.3) is 0 Å². The van der Waals surface area contributed by atoms with Gasteiger partial charge in [0.15, 0.2) is 15.6 Å². The molecule has 9 heavy (non-hydrogen) atoms. The Labute approximate surface area is 54.3 Å². The molecule has 0 aromatic rings. The van der Waals surface area contributed by atoms with Gasteiger partial charge >= 0.3 is 0 Å². The number of rotatable bonds is 3. The van der Waals surface area contributed by atoms with Crippen LogP contribution in [0.1, 0.15) is 0 Å². The first-order valence-electron chi connectivity index (χ1n) is 2.28. The van der Waals surface area contributed by atoms with Crippen molar-refractivity contribution < 1.29 is 13.2 Å². The Bertz CT molecular complexity index is 212. The van der Waals surface area contributed by atoms with Crippen LogP contribution in [0.4, 0.5) is 0 Å². The standard InChI is InChI=1S/C5H8O3S/c1-3-5(6)4-9(2,7)8/h3H,1,4H2,2H3. The van der Waals surface area contributed by atoms with E-state index in [0.717, 1.165) is 12.3 Å². The first kappa shape index (κ1) is 8.36. The molecule has 4 heteroatoms. The van der Waals surface area contributed by atoms with Gasteiger partial charge in [-0.05, 0) is 6.08 Å². The lowest BCUT2D eigenvalue weighted by molar-refractivity contribution is -0.112. The van der Waals surface area contributed by atoms with Gasteiger partial charge in [-0.15, -0.1) is 0 Å². The molecule has 0 saturated carbocycles. The molecule has 0 rings (SSSR count). The van der Waals surface area contributed by atoms with E-state index in [1.165, 1.54) is 0 Å². The molecule has 0 spiro atoms. The molecule has 0 fully saturated rings. The third kappa shape index (κ3) is 5.23. The molecule has 0 aliphatic heterocycles. The van der Waals surface area contributed by atoms with Crippen molar-refractivity contribution in [2.24, 2.45) is 0 Å². The van der Waals surface area contributed by atoms with Gasteiger partial charge in [-0.25, -0.2) is 8.42 Å². The van der Waals surface area contributed by atoms with E-state index in [0.29, 0.717) is 0 Å². The maximum atomic E-state index is 10.3. The Balaban J connectivity index is 4.06. The zero-order valence-corrected chi connectivity index (χ0v) is 5.94. The van der Waals surface area contributed by atoms with E-state index >= 15 is 0 Å². The number of allylic oxidation sites excluding steroid dienone is 1. The highest BCUT2D eigenvalue weighted by Gasteiger charge is 2.05. The van der Waals surface area contributed by atoms with E-state index in [2.05, 4.69) is 6.58 Å². The molecular weight excluding hydrogens is 140 g/mol. The molecule has 3 nitrogen and oxygen atoms in total. The highest BCUT2D eigenvalue weighted by atomic mass is 32.2. The highest BCUT2D eigenvalue weighted by Crippen LogP contribution is 1.83. The molecule has 0 aliphatic carbocycles. The molecule has 0 N–H and O–H groups in total. The van der Waals surface area contributed by atoms with E-state index in [1.54, 1.807) is 0 Å². The summed E-state index contributed by atoms with van der Waals surface area (Å²) >= 11 is 0. The fourth-order valence-corrected chi connectivity index (χ4v) is 0.952. The first-order chi connectivity index (χ1) is 3.95. The lowest BCUT2D eigenvalue weighted by Crippen LogP contribution is -2.11. The maximum absolute atomic E-state index is 10.3. The topological polar surface area (TPSA) is 51.2 Å². The number of hydrogen-bond donors (Lipinski definition) is 0. The largest absolute Gasteiger partial charge is 0.294 e. The van der Waals surface area contributed by atoms with Crippen LogP contribution in [-0.4, -0.2) is 26.2 Å². The second kappa shape index (κ2) is 2.77. The van der Waals surface area contributed by atoms with Gasteiger partial charge < -0.3 is 0 Å². The van der Waals surface area contributed by atoms with Crippen LogP contribution in [0.25, 0.3) is 0 Å². The smallest absolute Gasteiger partial charge is 0.170 e. The molecular formula is C5H8O3S. The molecule has 52 valence electrons. The number of carbonyl (C=O) groups is 1. The van der Waals surface area contributed by atoms with Crippen LogP contribution in [-0.2, 0) is 14.6 Å². The second-order valence-corrected chi connectivity index (χ2v) is 3.88. The fraction of sp³-hybridized carbons (Fsp3) is 0.400. The van der Waals surface area contributed by atoms with Crippen molar-refractivity contribution in [3.63, 3.8) is 0 Å². The number of sulfone groups is 1. The van der Waals surface area contributed by atoms with Gasteiger partial charge in [0.05, 0.1) is 0 Å². The van der Waals surface area contributed by atoms with Crippen molar-refractivity contribution in [1.29, 1.82) is 0 Å². The van der Waals surface area contributed by atoms with Gasteiger partial charge in [0, 0.05) is 6.26 Å². The van der Waals surface area contributed by atoms with Crippen LogP contribution >= 0.6 is 0 Å². The van der Waals surface area contributed by atoms with Crippen molar-refractivity contribution in [1.82, 2.24) is 0 Å². The fourth-order valence-electron chi connectivity index (χ4n) is 0.317. The van der Waals surface area contributed by atoms with E-state index in [9.17, 15) is 13.2 Å². The van der Waals surface area contributed by atoms with Gasteiger partial charge in [-0.2, -0.15) is 0 Å². The molecule has 0 aliphatic rings. The van der Waals surface area contributed by atoms with Gasteiger partial charge in [0.1, 0.15) is 5.75 Å². The van der Waals surface area contributed by atoms with E-state index < -0.39 is 21.4 Å². The van der Waals surface area contributed by atoms with E-state index in [-0.39, 0.29) is 0 Å². The van der Waals surface area contributed by atoms with Crippen LogP contribution in [0.3, 0.4) is 0 Å². The summed E-state index contributed by atoms with van der Waals surface area (Å²) in [6.07, 6.45) is 2.01. The van der Waals surface area contributed by atoms with Gasteiger partial charge in [-0.1, -0.05) is 6.58 Å². The average Bonchev–Trinajstić information content (AvgIpc) is 1.62. The zero-order chi connectivity index (χ0) is 7.49. The Hall–Kier alpha value is -0.640. The minimum Gasteiger partial charge on any atom is -0.294 e. The molecule has 0 atom stereocenters. The number of hydrogen-bond acceptors (Lipinski definition) is 3. The molecule has 0 heterocycles. The lowest BCUT2D eigenvalue weighted by atomic mass is 10.5. The predicted octanol–water partition coefficient (Wildman–Crippen LogP) is -0.214. The summed E-state index contributed by atoms with van der Waals surface area (Å²) in [5, 5.41) is 0. The Morgan fingerprint density at radius 1 is 1.67 bits per heavy atom. The third-order valence-electron chi connectivity index (χ3n) is 0.632. The van der Waals surface area contributed by atoms with Crippen LogP contribution < -0.4 is 0 Å². The summed E-state index contributed by atoms with van der Waals surface area (Å²) in [5.74, 6) is -0.895. The molecule has 0 amide bonds. The van der Waals surface area contributed by atoms with Crippen molar-refractivity contribution >= 4 is 15.6 Å². The van der Waals surface area contributed by atoms with Crippen molar-refractivity contribution in [2.45, 2.75) is 0 Å². The molecule has 0 bridgehead atoms. The van der Waals surface area contributed by atoms with Crippen molar-refractivity contribution in [3.05, 3.63) is 12.7 Å². The minimum atomic E-state index is -3.16. The summed E-state index contributed by atoms with van der Waals surface area (Å²) < 4.78 is 20.7. The highest BCUT2D eigenvalue weighted by molar-refractivity contribution is 7.91.